The monoisotopic (exact) mass is 421 g/mol. The number of carbonyl (C=O) groups is 1. The van der Waals surface area contributed by atoms with Gasteiger partial charge in [-0.25, -0.2) is 0 Å². The summed E-state index contributed by atoms with van der Waals surface area (Å²) in [5.74, 6) is 1.15. The second-order valence-corrected chi connectivity index (χ2v) is 9.10. The number of ether oxygens (including phenoxy) is 3. The SMILES string of the molecule is O=C(N1CCC2(CC1)C[C@H](Oc1ccccc1)CO2)C1(c2ccccc2)CCOCC1. The Kier molecular flexibility index (Phi) is 5.72. The fourth-order valence-corrected chi connectivity index (χ4v) is 5.44. The first-order valence-electron chi connectivity index (χ1n) is 11.5. The molecule has 1 atom stereocenters. The zero-order chi connectivity index (χ0) is 21.2. The first-order chi connectivity index (χ1) is 15.2. The number of amides is 1. The van der Waals surface area contributed by atoms with Gasteiger partial charge in [0, 0.05) is 32.7 Å². The molecule has 31 heavy (non-hydrogen) atoms. The van der Waals surface area contributed by atoms with Crippen LogP contribution in [0.25, 0.3) is 0 Å². The van der Waals surface area contributed by atoms with Crippen LogP contribution < -0.4 is 4.74 Å². The number of para-hydroxylation sites is 1. The van der Waals surface area contributed by atoms with Crippen molar-refractivity contribution < 1.29 is 19.0 Å². The molecule has 5 nitrogen and oxygen atoms in total. The summed E-state index contributed by atoms with van der Waals surface area (Å²) in [7, 11) is 0. The topological polar surface area (TPSA) is 48.0 Å². The molecule has 0 N–H and O–H groups in total. The molecule has 0 aromatic heterocycles. The number of rotatable bonds is 4. The summed E-state index contributed by atoms with van der Waals surface area (Å²) >= 11 is 0. The highest BCUT2D eigenvalue weighted by Gasteiger charge is 2.48. The largest absolute Gasteiger partial charge is 0.488 e. The third kappa shape index (κ3) is 4.09. The minimum atomic E-state index is -0.459. The Morgan fingerprint density at radius 2 is 1.55 bits per heavy atom. The maximum atomic E-state index is 13.8. The summed E-state index contributed by atoms with van der Waals surface area (Å²) in [4.78, 5) is 15.9. The smallest absolute Gasteiger partial charge is 0.233 e. The van der Waals surface area contributed by atoms with Gasteiger partial charge in [0.1, 0.15) is 11.9 Å². The molecule has 1 spiro atoms. The van der Waals surface area contributed by atoms with E-state index in [-0.39, 0.29) is 17.6 Å². The maximum absolute atomic E-state index is 13.8. The lowest BCUT2D eigenvalue weighted by Crippen LogP contribution is -2.54. The summed E-state index contributed by atoms with van der Waals surface area (Å²) in [5.41, 5.74) is 0.503. The molecule has 3 heterocycles. The van der Waals surface area contributed by atoms with Gasteiger partial charge in [0.05, 0.1) is 17.6 Å². The van der Waals surface area contributed by atoms with E-state index in [0.717, 1.165) is 56.5 Å². The first-order valence-corrected chi connectivity index (χ1v) is 11.5. The summed E-state index contributed by atoms with van der Waals surface area (Å²) in [6.07, 6.45) is 4.21. The van der Waals surface area contributed by atoms with Crippen molar-refractivity contribution in [2.45, 2.75) is 49.2 Å². The van der Waals surface area contributed by atoms with Crippen LogP contribution in [0.3, 0.4) is 0 Å². The number of benzene rings is 2. The third-order valence-corrected chi connectivity index (χ3v) is 7.27. The Labute approximate surface area is 184 Å². The summed E-state index contributed by atoms with van der Waals surface area (Å²) < 4.78 is 18.0. The van der Waals surface area contributed by atoms with Crippen molar-refractivity contribution in [3.8, 4) is 5.75 Å². The zero-order valence-corrected chi connectivity index (χ0v) is 18.0. The minimum Gasteiger partial charge on any atom is -0.488 e. The highest BCUT2D eigenvalue weighted by Crippen LogP contribution is 2.41. The molecule has 0 radical (unpaired) electrons. The van der Waals surface area contributed by atoms with E-state index in [9.17, 15) is 4.79 Å². The van der Waals surface area contributed by atoms with Crippen LogP contribution in [-0.4, -0.2) is 55.4 Å². The van der Waals surface area contributed by atoms with Gasteiger partial charge in [0.25, 0.3) is 0 Å². The number of piperidine rings is 1. The predicted octanol–water partition coefficient (Wildman–Crippen LogP) is 3.96. The van der Waals surface area contributed by atoms with Gasteiger partial charge in [-0.15, -0.1) is 0 Å². The van der Waals surface area contributed by atoms with E-state index in [1.807, 2.05) is 48.5 Å². The van der Waals surface area contributed by atoms with E-state index in [4.69, 9.17) is 14.2 Å². The van der Waals surface area contributed by atoms with Crippen molar-refractivity contribution in [1.29, 1.82) is 0 Å². The van der Waals surface area contributed by atoms with Crippen molar-refractivity contribution in [1.82, 2.24) is 4.90 Å². The second kappa shape index (κ2) is 8.64. The Bertz CT molecular complexity index is 871. The van der Waals surface area contributed by atoms with E-state index >= 15 is 0 Å². The maximum Gasteiger partial charge on any atom is 0.233 e. The fourth-order valence-electron chi connectivity index (χ4n) is 5.44. The van der Waals surface area contributed by atoms with Gasteiger partial charge in [-0.2, -0.15) is 0 Å². The quantitative estimate of drug-likeness (QED) is 0.750. The molecule has 3 aliphatic heterocycles. The fraction of sp³-hybridized carbons (Fsp3) is 0.500. The van der Waals surface area contributed by atoms with Crippen LogP contribution in [-0.2, 0) is 19.7 Å². The molecule has 0 unspecified atom stereocenters. The van der Waals surface area contributed by atoms with E-state index in [1.165, 1.54) is 0 Å². The molecule has 3 saturated heterocycles. The van der Waals surface area contributed by atoms with Crippen LogP contribution in [0, 0.1) is 0 Å². The van der Waals surface area contributed by atoms with Gasteiger partial charge in [-0.1, -0.05) is 48.5 Å². The molecule has 5 heteroatoms. The van der Waals surface area contributed by atoms with Crippen LogP contribution in [0.5, 0.6) is 5.75 Å². The number of carbonyl (C=O) groups excluding carboxylic acids is 1. The normalized spacial score (nSPS) is 24.8. The molecule has 0 bridgehead atoms. The highest BCUT2D eigenvalue weighted by molar-refractivity contribution is 5.88. The lowest BCUT2D eigenvalue weighted by Gasteiger charge is -2.44. The second-order valence-electron chi connectivity index (χ2n) is 9.10. The van der Waals surface area contributed by atoms with Crippen molar-refractivity contribution in [3.05, 3.63) is 66.2 Å². The summed E-state index contributed by atoms with van der Waals surface area (Å²) in [5, 5.41) is 0. The first kappa shape index (κ1) is 20.5. The average Bonchev–Trinajstić information content (AvgIpc) is 3.22. The Hall–Kier alpha value is -2.37. The molecule has 0 saturated carbocycles. The molecule has 3 aliphatic rings. The van der Waals surface area contributed by atoms with Gasteiger partial charge in [0.2, 0.25) is 5.91 Å². The van der Waals surface area contributed by atoms with Crippen LogP contribution in [0.1, 0.15) is 37.7 Å². The molecule has 0 aliphatic carbocycles. The molecule has 3 fully saturated rings. The molecule has 2 aromatic rings. The Balaban J connectivity index is 1.24. The number of nitrogens with zero attached hydrogens (tertiary/aromatic N) is 1. The van der Waals surface area contributed by atoms with Gasteiger partial charge >= 0.3 is 0 Å². The average molecular weight is 422 g/mol. The van der Waals surface area contributed by atoms with Gasteiger partial charge in [-0.05, 0) is 43.4 Å². The predicted molar refractivity (Wildman–Crippen MR) is 118 cm³/mol. The highest BCUT2D eigenvalue weighted by atomic mass is 16.6. The van der Waals surface area contributed by atoms with Crippen molar-refractivity contribution in [2.24, 2.45) is 0 Å². The third-order valence-electron chi connectivity index (χ3n) is 7.27. The van der Waals surface area contributed by atoms with Crippen molar-refractivity contribution >= 4 is 5.91 Å². The Morgan fingerprint density at radius 1 is 0.903 bits per heavy atom. The van der Waals surface area contributed by atoms with Gasteiger partial charge in [-0.3, -0.25) is 4.79 Å². The standard InChI is InChI=1S/C26H31NO4/c28-24(26(13-17-29-18-14-26)21-7-3-1-4-8-21)27-15-11-25(12-16-27)19-23(20-30-25)31-22-9-5-2-6-10-22/h1-10,23H,11-20H2/t23-/m0/s1. The van der Waals surface area contributed by atoms with Crippen LogP contribution in [0.4, 0.5) is 0 Å². The zero-order valence-electron chi connectivity index (χ0n) is 18.0. The lowest BCUT2D eigenvalue weighted by molar-refractivity contribution is -0.146. The number of likely N-dealkylation sites (tertiary alicyclic amines) is 1. The van der Waals surface area contributed by atoms with E-state index in [1.54, 1.807) is 0 Å². The van der Waals surface area contributed by atoms with E-state index in [0.29, 0.717) is 19.8 Å². The minimum absolute atomic E-state index is 0.0794. The van der Waals surface area contributed by atoms with Crippen molar-refractivity contribution in [2.75, 3.05) is 32.9 Å². The van der Waals surface area contributed by atoms with E-state index in [2.05, 4.69) is 17.0 Å². The van der Waals surface area contributed by atoms with Crippen LogP contribution in [0.15, 0.2) is 60.7 Å². The molecule has 1 amide bonds. The number of hydrogen-bond donors (Lipinski definition) is 0. The molecule has 2 aromatic carbocycles. The van der Waals surface area contributed by atoms with Gasteiger partial charge in [0.15, 0.2) is 0 Å². The lowest BCUT2D eigenvalue weighted by atomic mass is 9.72. The molecule has 164 valence electrons. The van der Waals surface area contributed by atoms with Gasteiger partial charge < -0.3 is 19.1 Å². The van der Waals surface area contributed by atoms with Crippen molar-refractivity contribution in [3.63, 3.8) is 0 Å². The molecular formula is C26H31NO4. The Morgan fingerprint density at radius 3 is 2.23 bits per heavy atom. The molecular weight excluding hydrogens is 390 g/mol. The number of hydrogen-bond acceptors (Lipinski definition) is 4. The molecule has 5 rings (SSSR count). The summed E-state index contributed by atoms with van der Waals surface area (Å²) in [6.45, 7) is 3.38. The summed E-state index contributed by atoms with van der Waals surface area (Å²) in [6, 6.07) is 20.2. The van der Waals surface area contributed by atoms with Crippen LogP contribution >= 0.6 is 0 Å². The van der Waals surface area contributed by atoms with E-state index < -0.39 is 5.41 Å². The van der Waals surface area contributed by atoms with Crippen LogP contribution in [0.2, 0.25) is 0 Å².